The van der Waals surface area contributed by atoms with Gasteiger partial charge in [-0.15, -0.1) is 5.10 Å². The fraction of sp³-hybridized carbons (Fsp3) is 0.467. The number of aromatic nitrogens is 4. The van der Waals surface area contributed by atoms with E-state index in [0.29, 0.717) is 11.7 Å². The molecule has 0 spiro atoms. The first-order chi connectivity index (χ1) is 10.6. The lowest BCUT2D eigenvalue weighted by Gasteiger charge is -2.12. The van der Waals surface area contributed by atoms with Gasteiger partial charge in [0.05, 0.1) is 11.3 Å². The van der Waals surface area contributed by atoms with Crippen LogP contribution in [0.5, 0.6) is 0 Å². The summed E-state index contributed by atoms with van der Waals surface area (Å²) < 4.78 is 1.72. The molecule has 1 atom stereocenters. The van der Waals surface area contributed by atoms with Crippen LogP contribution in [0, 0.1) is 0 Å². The topological polar surface area (TPSA) is 72.7 Å². The van der Waals surface area contributed by atoms with Gasteiger partial charge in [-0.2, -0.15) is 0 Å². The normalized spacial score (nSPS) is 12.4. The van der Waals surface area contributed by atoms with Crippen molar-refractivity contribution in [2.24, 2.45) is 0 Å². The Labute approximate surface area is 134 Å². The van der Waals surface area contributed by atoms with Gasteiger partial charge in [0.1, 0.15) is 0 Å². The zero-order valence-electron chi connectivity index (χ0n) is 13.1. The number of hydrogen-bond acceptors (Lipinski definition) is 5. The molecule has 0 aliphatic rings. The molecule has 0 aliphatic heterocycles. The maximum Gasteiger partial charge on any atom is 0.233 e. The van der Waals surface area contributed by atoms with Crippen molar-refractivity contribution in [3.05, 3.63) is 35.9 Å². The van der Waals surface area contributed by atoms with Crippen molar-refractivity contribution in [3.63, 3.8) is 0 Å². The third kappa shape index (κ3) is 4.56. The molecule has 0 fully saturated rings. The lowest BCUT2D eigenvalue weighted by atomic mass is 10.1. The Morgan fingerprint density at radius 2 is 2.00 bits per heavy atom. The number of amides is 1. The van der Waals surface area contributed by atoms with Gasteiger partial charge in [-0.05, 0) is 43.2 Å². The van der Waals surface area contributed by atoms with Crippen molar-refractivity contribution < 1.29 is 4.79 Å². The number of thioether (sulfide) groups is 1. The van der Waals surface area contributed by atoms with E-state index in [2.05, 4.69) is 33.0 Å². The van der Waals surface area contributed by atoms with Gasteiger partial charge in [0.25, 0.3) is 0 Å². The lowest BCUT2D eigenvalue weighted by molar-refractivity contribution is -0.120. The van der Waals surface area contributed by atoms with Gasteiger partial charge >= 0.3 is 0 Å². The molecule has 7 heteroatoms. The summed E-state index contributed by atoms with van der Waals surface area (Å²) in [6, 6.07) is 10.3. The summed E-state index contributed by atoms with van der Waals surface area (Å²) in [5.41, 5.74) is 1.21. The summed E-state index contributed by atoms with van der Waals surface area (Å²) in [4.78, 5) is 12.1. The van der Waals surface area contributed by atoms with Gasteiger partial charge in [0.2, 0.25) is 11.1 Å². The van der Waals surface area contributed by atoms with Crippen LogP contribution in [0.25, 0.3) is 0 Å². The number of hydrogen-bond donors (Lipinski definition) is 1. The summed E-state index contributed by atoms with van der Waals surface area (Å²) in [5, 5.41) is 15.0. The van der Waals surface area contributed by atoms with Gasteiger partial charge in [-0.3, -0.25) is 4.79 Å². The molecule has 1 aromatic carbocycles. The molecular formula is C15H21N5OS. The monoisotopic (exact) mass is 319 g/mol. The lowest BCUT2D eigenvalue weighted by Crippen LogP contribution is -2.32. The first-order valence-corrected chi connectivity index (χ1v) is 8.22. The molecule has 1 aromatic heterocycles. The quantitative estimate of drug-likeness (QED) is 0.791. The molecule has 0 saturated carbocycles. The van der Waals surface area contributed by atoms with Crippen LogP contribution >= 0.6 is 11.8 Å². The van der Waals surface area contributed by atoms with E-state index in [9.17, 15) is 4.79 Å². The van der Waals surface area contributed by atoms with E-state index in [1.165, 1.54) is 17.3 Å². The molecule has 22 heavy (non-hydrogen) atoms. The van der Waals surface area contributed by atoms with E-state index in [1.54, 1.807) is 4.68 Å². The Morgan fingerprint density at radius 1 is 1.27 bits per heavy atom. The van der Waals surface area contributed by atoms with Gasteiger partial charge in [0, 0.05) is 6.54 Å². The van der Waals surface area contributed by atoms with Crippen molar-refractivity contribution in [1.82, 2.24) is 25.5 Å². The molecule has 0 radical (unpaired) electrons. The number of tetrazole rings is 1. The molecule has 2 rings (SSSR count). The first kappa shape index (κ1) is 16.5. The Hall–Kier alpha value is -1.89. The van der Waals surface area contributed by atoms with Crippen molar-refractivity contribution in [2.45, 2.75) is 43.6 Å². The molecule has 1 N–H and O–H groups in total. The predicted octanol–water partition coefficient (Wildman–Crippen LogP) is 2.09. The van der Waals surface area contributed by atoms with Crippen LogP contribution in [-0.2, 0) is 11.2 Å². The van der Waals surface area contributed by atoms with Crippen LogP contribution in [0.15, 0.2) is 35.5 Å². The van der Waals surface area contributed by atoms with Crippen LogP contribution in [0.3, 0.4) is 0 Å². The highest BCUT2D eigenvalue weighted by molar-refractivity contribution is 8.00. The van der Waals surface area contributed by atoms with Crippen molar-refractivity contribution in [2.75, 3.05) is 6.54 Å². The molecule has 1 heterocycles. The highest BCUT2D eigenvalue weighted by Gasteiger charge is 2.19. The van der Waals surface area contributed by atoms with E-state index in [-0.39, 0.29) is 17.2 Å². The fourth-order valence-electron chi connectivity index (χ4n) is 1.92. The minimum Gasteiger partial charge on any atom is -0.355 e. The van der Waals surface area contributed by atoms with Crippen LogP contribution < -0.4 is 5.32 Å². The third-order valence-corrected chi connectivity index (χ3v) is 4.21. The van der Waals surface area contributed by atoms with Gasteiger partial charge < -0.3 is 5.32 Å². The predicted molar refractivity (Wildman–Crippen MR) is 86.7 cm³/mol. The van der Waals surface area contributed by atoms with Crippen molar-refractivity contribution in [1.29, 1.82) is 0 Å². The Morgan fingerprint density at radius 3 is 2.68 bits per heavy atom. The second-order valence-electron chi connectivity index (χ2n) is 5.29. The summed E-state index contributed by atoms with van der Waals surface area (Å²) in [6.45, 7) is 6.50. The Bertz CT molecular complexity index is 599. The van der Waals surface area contributed by atoms with E-state index in [1.807, 2.05) is 39.0 Å². The maximum absolute atomic E-state index is 12.1. The number of rotatable bonds is 7. The maximum atomic E-state index is 12.1. The molecule has 118 valence electrons. The zero-order valence-corrected chi connectivity index (χ0v) is 13.9. The minimum atomic E-state index is -0.237. The summed E-state index contributed by atoms with van der Waals surface area (Å²) in [5.74, 6) is -0.000706. The molecular weight excluding hydrogens is 298 g/mol. The second kappa shape index (κ2) is 7.93. The molecule has 2 aromatic rings. The second-order valence-corrected chi connectivity index (χ2v) is 6.59. The first-order valence-electron chi connectivity index (χ1n) is 7.34. The molecule has 1 unspecified atom stereocenters. The molecule has 0 aliphatic carbocycles. The van der Waals surface area contributed by atoms with E-state index < -0.39 is 0 Å². The average molecular weight is 319 g/mol. The van der Waals surface area contributed by atoms with Crippen LogP contribution in [-0.4, -0.2) is 37.9 Å². The van der Waals surface area contributed by atoms with Crippen molar-refractivity contribution in [3.8, 4) is 0 Å². The van der Waals surface area contributed by atoms with E-state index >= 15 is 0 Å². The molecule has 1 amide bonds. The van der Waals surface area contributed by atoms with Crippen LogP contribution in [0.4, 0.5) is 0 Å². The van der Waals surface area contributed by atoms with Gasteiger partial charge in [-0.25, -0.2) is 4.68 Å². The number of nitrogens with zero attached hydrogens (tertiary/aromatic N) is 4. The number of nitrogens with one attached hydrogen (secondary N) is 1. The largest absolute Gasteiger partial charge is 0.355 e. The summed E-state index contributed by atoms with van der Waals surface area (Å²) in [7, 11) is 0. The Kier molecular flexibility index (Phi) is 5.94. The number of benzene rings is 1. The molecule has 0 bridgehead atoms. The van der Waals surface area contributed by atoms with Crippen LogP contribution in [0.2, 0.25) is 0 Å². The van der Waals surface area contributed by atoms with E-state index in [4.69, 9.17) is 0 Å². The van der Waals surface area contributed by atoms with Gasteiger partial charge in [0.15, 0.2) is 0 Å². The zero-order chi connectivity index (χ0) is 15.9. The average Bonchev–Trinajstić information content (AvgIpc) is 2.96. The summed E-state index contributed by atoms with van der Waals surface area (Å²) in [6.07, 6.45) is 0.827. The standard InChI is InChI=1S/C15H21N5OS/c1-11(2)20-15(17-18-19-20)22-12(3)14(21)16-10-9-13-7-5-4-6-8-13/h4-8,11-12H,9-10H2,1-3H3,(H,16,21). The highest BCUT2D eigenvalue weighted by atomic mass is 32.2. The highest BCUT2D eigenvalue weighted by Crippen LogP contribution is 2.22. The summed E-state index contributed by atoms with van der Waals surface area (Å²) >= 11 is 1.37. The van der Waals surface area contributed by atoms with Crippen LogP contribution in [0.1, 0.15) is 32.4 Å². The van der Waals surface area contributed by atoms with Gasteiger partial charge in [-0.1, -0.05) is 42.1 Å². The van der Waals surface area contributed by atoms with Crippen molar-refractivity contribution >= 4 is 17.7 Å². The Balaban J connectivity index is 1.81. The minimum absolute atomic E-state index is 0.000706. The number of carbonyl (C=O) groups is 1. The SMILES string of the molecule is CC(Sc1nnnn1C(C)C)C(=O)NCCc1ccccc1. The van der Waals surface area contributed by atoms with E-state index in [0.717, 1.165) is 6.42 Å². The fourth-order valence-corrected chi connectivity index (χ4v) is 2.86. The smallest absolute Gasteiger partial charge is 0.233 e. The molecule has 0 saturated heterocycles. The number of carbonyl (C=O) groups excluding carboxylic acids is 1. The molecule has 6 nitrogen and oxygen atoms in total. The third-order valence-electron chi connectivity index (χ3n) is 3.16.